The summed E-state index contributed by atoms with van der Waals surface area (Å²) in [7, 11) is 0. The van der Waals surface area contributed by atoms with Crippen LogP contribution in [0.1, 0.15) is 47.9 Å². The van der Waals surface area contributed by atoms with Gasteiger partial charge in [0.1, 0.15) is 5.75 Å². The number of aromatic nitrogens is 4. The lowest BCUT2D eigenvalue weighted by Crippen LogP contribution is -2.13. The molecule has 2 aromatic heterocycles. The van der Waals surface area contributed by atoms with Crippen molar-refractivity contribution < 1.29 is 9.53 Å². The molecule has 0 unspecified atom stereocenters. The van der Waals surface area contributed by atoms with Gasteiger partial charge in [-0.3, -0.25) is 4.79 Å². The van der Waals surface area contributed by atoms with Gasteiger partial charge in [0.15, 0.2) is 0 Å². The standard InChI is InChI=1S/C21H25N5O2/c1-4-5-6-11-28-19-9-7-17(8-10-19)20(27)24-18-13-22-21(23-14-18)26-16(3)12-15(2)25-26/h7-10,12-14H,4-6,11H2,1-3H3,(H,24,27). The Balaban J connectivity index is 1.59. The highest BCUT2D eigenvalue weighted by molar-refractivity contribution is 6.04. The highest BCUT2D eigenvalue weighted by atomic mass is 16.5. The molecule has 0 atom stereocenters. The van der Waals surface area contributed by atoms with Gasteiger partial charge in [-0.15, -0.1) is 0 Å². The van der Waals surface area contributed by atoms with Crippen LogP contribution < -0.4 is 10.1 Å². The molecule has 3 rings (SSSR count). The lowest BCUT2D eigenvalue weighted by atomic mass is 10.2. The number of hydrogen-bond acceptors (Lipinski definition) is 5. The van der Waals surface area contributed by atoms with Crippen molar-refractivity contribution in [3.8, 4) is 11.7 Å². The fourth-order valence-corrected chi connectivity index (χ4v) is 2.77. The molecule has 3 aromatic rings. The van der Waals surface area contributed by atoms with Crippen LogP contribution in [0.15, 0.2) is 42.7 Å². The first-order valence-electron chi connectivity index (χ1n) is 9.46. The van der Waals surface area contributed by atoms with Gasteiger partial charge in [-0.2, -0.15) is 5.10 Å². The molecule has 0 aliphatic rings. The lowest BCUT2D eigenvalue weighted by Gasteiger charge is -2.08. The largest absolute Gasteiger partial charge is 0.494 e. The number of nitrogens with zero attached hydrogens (tertiary/aromatic N) is 4. The first-order chi connectivity index (χ1) is 13.6. The van der Waals surface area contributed by atoms with Crippen LogP contribution in [0.25, 0.3) is 5.95 Å². The summed E-state index contributed by atoms with van der Waals surface area (Å²) in [6.07, 6.45) is 6.49. The molecule has 0 aliphatic carbocycles. The second-order valence-electron chi connectivity index (χ2n) is 6.64. The second kappa shape index (κ2) is 9.12. The van der Waals surface area contributed by atoms with E-state index in [-0.39, 0.29) is 5.91 Å². The third kappa shape index (κ3) is 4.94. The summed E-state index contributed by atoms with van der Waals surface area (Å²) in [5.41, 5.74) is 2.92. The van der Waals surface area contributed by atoms with Crippen LogP contribution in [-0.4, -0.2) is 32.3 Å². The van der Waals surface area contributed by atoms with Crippen LogP contribution in [0.5, 0.6) is 5.75 Å². The van der Waals surface area contributed by atoms with E-state index in [4.69, 9.17) is 4.74 Å². The molecule has 7 heteroatoms. The molecule has 0 bridgehead atoms. The van der Waals surface area contributed by atoms with Crippen molar-refractivity contribution in [2.45, 2.75) is 40.0 Å². The van der Waals surface area contributed by atoms with Gasteiger partial charge >= 0.3 is 0 Å². The summed E-state index contributed by atoms with van der Waals surface area (Å²) in [6.45, 7) is 6.71. The Labute approximate surface area is 164 Å². The van der Waals surface area contributed by atoms with Gasteiger partial charge in [0, 0.05) is 11.3 Å². The summed E-state index contributed by atoms with van der Waals surface area (Å²) in [5.74, 6) is 1.01. The minimum absolute atomic E-state index is 0.222. The zero-order chi connectivity index (χ0) is 19.9. The highest BCUT2D eigenvalue weighted by Crippen LogP contribution is 2.15. The van der Waals surface area contributed by atoms with E-state index in [9.17, 15) is 4.79 Å². The van der Waals surface area contributed by atoms with Gasteiger partial charge < -0.3 is 10.1 Å². The number of rotatable bonds is 8. The molecule has 0 spiro atoms. The molecule has 0 radical (unpaired) electrons. The number of hydrogen-bond donors (Lipinski definition) is 1. The van der Waals surface area contributed by atoms with Crippen molar-refractivity contribution in [2.24, 2.45) is 0 Å². The normalized spacial score (nSPS) is 10.7. The molecule has 146 valence electrons. The molecule has 2 heterocycles. The van der Waals surface area contributed by atoms with E-state index in [1.807, 2.05) is 32.0 Å². The molecule has 0 fully saturated rings. The second-order valence-corrected chi connectivity index (χ2v) is 6.64. The van der Waals surface area contributed by atoms with Gasteiger partial charge in [-0.1, -0.05) is 19.8 Å². The first kappa shape index (κ1) is 19.5. The van der Waals surface area contributed by atoms with E-state index in [0.717, 1.165) is 36.4 Å². The zero-order valence-electron chi connectivity index (χ0n) is 16.5. The number of nitrogens with one attached hydrogen (secondary N) is 1. The van der Waals surface area contributed by atoms with Gasteiger partial charge in [0.2, 0.25) is 0 Å². The Hall–Kier alpha value is -3.22. The van der Waals surface area contributed by atoms with Crippen LogP contribution in [0, 0.1) is 13.8 Å². The number of benzene rings is 1. The van der Waals surface area contributed by atoms with Crippen molar-refractivity contribution in [1.29, 1.82) is 0 Å². The maximum atomic E-state index is 12.4. The number of anilines is 1. The Kier molecular flexibility index (Phi) is 6.37. The van der Waals surface area contributed by atoms with E-state index in [1.165, 1.54) is 0 Å². The number of unbranched alkanes of at least 4 members (excludes halogenated alkanes) is 2. The monoisotopic (exact) mass is 379 g/mol. The summed E-state index contributed by atoms with van der Waals surface area (Å²) in [5, 5.41) is 7.15. The Morgan fingerprint density at radius 3 is 2.43 bits per heavy atom. The Morgan fingerprint density at radius 2 is 1.82 bits per heavy atom. The summed E-state index contributed by atoms with van der Waals surface area (Å²) >= 11 is 0. The van der Waals surface area contributed by atoms with E-state index >= 15 is 0 Å². The zero-order valence-corrected chi connectivity index (χ0v) is 16.5. The number of amides is 1. The van der Waals surface area contributed by atoms with Crippen molar-refractivity contribution >= 4 is 11.6 Å². The molecule has 1 N–H and O–H groups in total. The molecular formula is C21H25N5O2. The van der Waals surface area contributed by atoms with Gasteiger partial charge in [0.05, 0.1) is 30.4 Å². The quantitative estimate of drug-likeness (QED) is 0.596. The molecule has 1 aromatic carbocycles. The highest BCUT2D eigenvalue weighted by Gasteiger charge is 2.09. The van der Waals surface area contributed by atoms with Crippen LogP contribution in [0.2, 0.25) is 0 Å². The molecule has 0 saturated heterocycles. The van der Waals surface area contributed by atoms with Crippen molar-refractivity contribution in [3.05, 3.63) is 59.7 Å². The minimum Gasteiger partial charge on any atom is -0.494 e. The molecule has 7 nitrogen and oxygen atoms in total. The van der Waals surface area contributed by atoms with Gasteiger partial charge in [-0.25, -0.2) is 14.6 Å². The van der Waals surface area contributed by atoms with Gasteiger partial charge in [0.25, 0.3) is 11.9 Å². The lowest BCUT2D eigenvalue weighted by molar-refractivity contribution is 0.102. The topological polar surface area (TPSA) is 81.9 Å². The van der Waals surface area contributed by atoms with Crippen molar-refractivity contribution in [1.82, 2.24) is 19.7 Å². The summed E-state index contributed by atoms with van der Waals surface area (Å²) in [4.78, 5) is 21.0. The van der Waals surface area contributed by atoms with Crippen LogP contribution >= 0.6 is 0 Å². The number of ether oxygens (including phenoxy) is 1. The Morgan fingerprint density at radius 1 is 1.11 bits per heavy atom. The fourth-order valence-electron chi connectivity index (χ4n) is 2.77. The Bertz CT molecular complexity index is 917. The van der Waals surface area contributed by atoms with Crippen LogP contribution in [0.4, 0.5) is 5.69 Å². The predicted molar refractivity (Wildman–Crippen MR) is 108 cm³/mol. The fraction of sp³-hybridized carbons (Fsp3) is 0.333. The maximum Gasteiger partial charge on any atom is 0.255 e. The summed E-state index contributed by atoms with van der Waals surface area (Å²) < 4.78 is 7.33. The van der Waals surface area contributed by atoms with Crippen molar-refractivity contribution in [2.75, 3.05) is 11.9 Å². The van der Waals surface area contributed by atoms with Gasteiger partial charge in [-0.05, 0) is 50.6 Å². The SMILES string of the molecule is CCCCCOc1ccc(C(=O)Nc2cnc(-n3nc(C)cc3C)nc2)cc1. The first-order valence-corrected chi connectivity index (χ1v) is 9.46. The number of carbonyl (C=O) groups excluding carboxylic acids is 1. The molecule has 1 amide bonds. The van der Waals surface area contributed by atoms with Crippen LogP contribution in [-0.2, 0) is 0 Å². The van der Waals surface area contributed by atoms with E-state index in [2.05, 4.69) is 27.3 Å². The average molecular weight is 379 g/mol. The summed E-state index contributed by atoms with van der Waals surface area (Å²) in [6, 6.07) is 9.06. The van der Waals surface area contributed by atoms with Crippen LogP contribution in [0.3, 0.4) is 0 Å². The maximum absolute atomic E-state index is 12.4. The van der Waals surface area contributed by atoms with E-state index in [0.29, 0.717) is 23.8 Å². The molecule has 0 saturated carbocycles. The molecular weight excluding hydrogens is 354 g/mol. The van der Waals surface area contributed by atoms with E-state index in [1.54, 1.807) is 29.2 Å². The third-order valence-electron chi connectivity index (χ3n) is 4.23. The van der Waals surface area contributed by atoms with Crippen molar-refractivity contribution in [3.63, 3.8) is 0 Å². The molecule has 28 heavy (non-hydrogen) atoms. The third-order valence-corrected chi connectivity index (χ3v) is 4.23. The average Bonchev–Trinajstić information content (AvgIpc) is 3.04. The predicted octanol–water partition coefficient (Wildman–Crippen LogP) is 4.10. The minimum atomic E-state index is -0.222. The number of aryl methyl sites for hydroxylation is 2. The van der Waals surface area contributed by atoms with E-state index < -0.39 is 0 Å². The smallest absolute Gasteiger partial charge is 0.255 e. The number of carbonyl (C=O) groups is 1. The molecule has 0 aliphatic heterocycles.